The quantitative estimate of drug-likeness (QED) is 0.672. The number of aromatic nitrogens is 2. The Morgan fingerprint density at radius 3 is 3.06 bits per heavy atom. The van der Waals surface area contributed by atoms with Gasteiger partial charge in [-0.15, -0.1) is 0 Å². The summed E-state index contributed by atoms with van der Waals surface area (Å²) >= 11 is 4.89. The number of piperidine rings is 1. The summed E-state index contributed by atoms with van der Waals surface area (Å²) < 4.78 is 0. The molecule has 1 fully saturated rings. The van der Waals surface area contributed by atoms with Crippen LogP contribution in [-0.4, -0.2) is 33.5 Å². The van der Waals surface area contributed by atoms with Crippen LogP contribution < -0.4 is 16.4 Å². The van der Waals surface area contributed by atoms with Crippen molar-refractivity contribution in [3.63, 3.8) is 0 Å². The molecule has 0 bridgehead atoms. The Morgan fingerprint density at radius 2 is 2.39 bits per heavy atom. The molecule has 0 aliphatic carbocycles. The standard InChI is InChI=1S/C11H15N5OS/c1-6-5-8(9(12)18)16-11(14-6)15-7-3-2-4-13-10(7)17/h5,7H,2-4H2,1H3,(H2,12,18)(H,13,17)(H,14,15,16). The number of rotatable bonds is 3. The summed E-state index contributed by atoms with van der Waals surface area (Å²) in [5.41, 5.74) is 6.81. The van der Waals surface area contributed by atoms with Crippen molar-refractivity contribution in [3.8, 4) is 0 Å². The Hall–Kier alpha value is -1.76. The zero-order valence-corrected chi connectivity index (χ0v) is 10.9. The molecule has 18 heavy (non-hydrogen) atoms. The number of carbonyl (C=O) groups excluding carboxylic acids is 1. The molecule has 1 unspecified atom stereocenters. The number of amides is 1. The fraction of sp³-hybridized carbons (Fsp3) is 0.455. The van der Waals surface area contributed by atoms with E-state index in [0.717, 1.165) is 25.1 Å². The van der Waals surface area contributed by atoms with Gasteiger partial charge in [-0.05, 0) is 25.8 Å². The van der Waals surface area contributed by atoms with Crippen LogP contribution in [0.15, 0.2) is 6.07 Å². The van der Waals surface area contributed by atoms with Crippen LogP contribution in [-0.2, 0) is 4.79 Å². The van der Waals surface area contributed by atoms with E-state index < -0.39 is 0 Å². The van der Waals surface area contributed by atoms with E-state index in [0.29, 0.717) is 11.6 Å². The molecule has 6 nitrogen and oxygen atoms in total. The predicted octanol–water partition coefficient (Wildman–Crippen LogP) is 0.110. The number of thiocarbonyl (C=S) groups is 1. The Morgan fingerprint density at radius 1 is 1.61 bits per heavy atom. The molecule has 0 aromatic carbocycles. The van der Waals surface area contributed by atoms with Gasteiger partial charge < -0.3 is 16.4 Å². The Labute approximate surface area is 110 Å². The summed E-state index contributed by atoms with van der Waals surface area (Å²) in [6.45, 7) is 2.55. The fourth-order valence-corrected chi connectivity index (χ4v) is 1.93. The van der Waals surface area contributed by atoms with Crippen LogP contribution in [0.25, 0.3) is 0 Å². The smallest absolute Gasteiger partial charge is 0.242 e. The van der Waals surface area contributed by atoms with Crippen LogP contribution in [0.3, 0.4) is 0 Å². The zero-order valence-electron chi connectivity index (χ0n) is 10.1. The molecule has 1 atom stereocenters. The van der Waals surface area contributed by atoms with Crippen LogP contribution in [0.1, 0.15) is 24.2 Å². The minimum Gasteiger partial charge on any atom is -0.388 e. The van der Waals surface area contributed by atoms with E-state index in [1.807, 2.05) is 6.92 Å². The number of hydrogen-bond donors (Lipinski definition) is 3. The van der Waals surface area contributed by atoms with Gasteiger partial charge in [0.15, 0.2) is 0 Å². The van der Waals surface area contributed by atoms with Crippen molar-refractivity contribution in [2.75, 3.05) is 11.9 Å². The van der Waals surface area contributed by atoms with Crippen molar-refractivity contribution in [2.45, 2.75) is 25.8 Å². The van der Waals surface area contributed by atoms with E-state index >= 15 is 0 Å². The zero-order chi connectivity index (χ0) is 13.1. The molecule has 2 rings (SSSR count). The molecule has 1 aliphatic heterocycles. The molecule has 4 N–H and O–H groups in total. The van der Waals surface area contributed by atoms with Crippen molar-refractivity contribution in [3.05, 3.63) is 17.5 Å². The van der Waals surface area contributed by atoms with Gasteiger partial charge in [0.25, 0.3) is 0 Å². The minimum atomic E-state index is -0.292. The lowest BCUT2D eigenvalue weighted by Crippen LogP contribution is -2.44. The topological polar surface area (TPSA) is 92.9 Å². The number of carbonyl (C=O) groups is 1. The van der Waals surface area contributed by atoms with Crippen LogP contribution in [0, 0.1) is 6.92 Å². The van der Waals surface area contributed by atoms with Crippen molar-refractivity contribution < 1.29 is 4.79 Å². The Bertz CT molecular complexity index is 490. The second-order valence-electron chi connectivity index (χ2n) is 4.21. The number of nitrogens with two attached hydrogens (primary N) is 1. The molecular weight excluding hydrogens is 250 g/mol. The molecule has 1 aliphatic rings. The highest BCUT2D eigenvalue weighted by atomic mass is 32.1. The van der Waals surface area contributed by atoms with Gasteiger partial charge in [0.1, 0.15) is 16.7 Å². The second kappa shape index (κ2) is 5.26. The molecule has 0 saturated carbocycles. The van der Waals surface area contributed by atoms with Crippen LogP contribution in [0.2, 0.25) is 0 Å². The van der Waals surface area contributed by atoms with E-state index in [-0.39, 0.29) is 16.9 Å². The maximum Gasteiger partial charge on any atom is 0.242 e. The number of anilines is 1. The van der Waals surface area contributed by atoms with Gasteiger partial charge in [-0.25, -0.2) is 9.97 Å². The largest absolute Gasteiger partial charge is 0.388 e. The monoisotopic (exact) mass is 265 g/mol. The minimum absolute atomic E-state index is 0.0248. The summed E-state index contributed by atoms with van der Waals surface area (Å²) in [5, 5.41) is 5.81. The maximum atomic E-state index is 11.6. The van der Waals surface area contributed by atoms with Crippen molar-refractivity contribution in [1.82, 2.24) is 15.3 Å². The summed E-state index contributed by atoms with van der Waals surface area (Å²) in [4.78, 5) is 20.3. The van der Waals surface area contributed by atoms with Gasteiger partial charge in [-0.2, -0.15) is 0 Å². The first-order valence-electron chi connectivity index (χ1n) is 5.76. The third-order valence-corrected chi connectivity index (χ3v) is 2.90. The number of aryl methyl sites for hydroxylation is 1. The number of hydrogen-bond acceptors (Lipinski definition) is 5. The average molecular weight is 265 g/mol. The lowest BCUT2D eigenvalue weighted by molar-refractivity contribution is -0.123. The van der Waals surface area contributed by atoms with Crippen molar-refractivity contribution in [2.24, 2.45) is 5.73 Å². The highest BCUT2D eigenvalue weighted by Gasteiger charge is 2.22. The van der Waals surface area contributed by atoms with E-state index in [2.05, 4.69) is 20.6 Å². The molecule has 0 radical (unpaired) electrons. The normalized spacial score (nSPS) is 19.2. The molecule has 2 heterocycles. The lowest BCUT2D eigenvalue weighted by Gasteiger charge is -2.22. The average Bonchev–Trinajstić information content (AvgIpc) is 2.31. The Kier molecular flexibility index (Phi) is 3.71. The Balaban J connectivity index is 2.17. The second-order valence-corrected chi connectivity index (χ2v) is 4.65. The van der Waals surface area contributed by atoms with E-state index in [1.165, 1.54) is 0 Å². The van der Waals surface area contributed by atoms with Gasteiger partial charge in [0, 0.05) is 12.2 Å². The predicted molar refractivity (Wildman–Crippen MR) is 72.3 cm³/mol. The molecule has 1 amide bonds. The lowest BCUT2D eigenvalue weighted by atomic mass is 10.1. The van der Waals surface area contributed by atoms with Crippen LogP contribution >= 0.6 is 12.2 Å². The maximum absolute atomic E-state index is 11.6. The first-order chi connectivity index (χ1) is 8.56. The summed E-state index contributed by atoms with van der Waals surface area (Å²) in [5.74, 6) is 0.364. The van der Waals surface area contributed by atoms with Crippen LogP contribution in [0.5, 0.6) is 0 Å². The van der Waals surface area contributed by atoms with E-state index in [4.69, 9.17) is 18.0 Å². The molecule has 96 valence electrons. The fourth-order valence-electron chi connectivity index (χ4n) is 1.82. The van der Waals surface area contributed by atoms with Gasteiger partial charge in [-0.3, -0.25) is 4.79 Å². The van der Waals surface area contributed by atoms with Gasteiger partial charge in [0.05, 0.1) is 0 Å². The van der Waals surface area contributed by atoms with Gasteiger partial charge in [0.2, 0.25) is 11.9 Å². The summed E-state index contributed by atoms with van der Waals surface area (Å²) in [6.07, 6.45) is 1.71. The molecule has 1 aromatic heterocycles. The summed E-state index contributed by atoms with van der Waals surface area (Å²) in [6, 6.07) is 1.42. The number of nitrogens with one attached hydrogen (secondary N) is 2. The van der Waals surface area contributed by atoms with Gasteiger partial charge >= 0.3 is 0 Å². The third kappa shape index (κ3) is 2.92. The van der Waals surface area contributed by atoms with E-state index in [9.17, 15) is 4.79 Å². The first kappa shape index (κ1) is 12.7. The van der Waals surface area contributed by atoms with Crippen molar-refractivity contribution >= 4 is 29.1 Å². The van der Waals surface area contributed by atoms with E-state index in [1.54, 1.807) is 6.07 Å². The molecule has 7 heteroatoms. The first-order valence-corrected chi connectivity index (χ1v) is 6.17. The SMILES string of the molecule is Cc1cc(C(N)=S)nc(NC2CCCNC2=O)n1. The van der Waals surface area contributed by atoms with Crippen LogP contribution in [0.4, 0.5) is 5.95 Å². The third-order valence-electron chi connectivity index (χ3n) is 2.70. The molecule has 1 aromatic rings. The highest BCUT2D eigenvalue weighted by Crippen LogP contribution is 2.11. The van der Waals surface area contributed by atoms with Crippen molar-refractivity contribution in [1.29, 1.82) is 0 Å². The van der Waals surface area contributed by atoms with Gasteiger partial charge in [-0.1, -0.05) is 12.2 Å². The number of nitrogens with zero attached hydrogens (tertiary/aromatic N) is 2. The summed E-state index contributed by atoms with van der Waals surface area (Å²) in [7, 11) is 0. The molecular formula is C11H15N5OS. The highest BCUT2D eigenvalue weighted by molar-refractivity contribution is 7.80. The molecule has 1 saturated heterocycles. The molecule has 0 spiro atoms.